The van der Waals surface area contributed by atoms with Crippen molar-refractivity contribution in [1.29, 1.82) is 0 Å². The summed E-state index contributed by atoms with van der Waals surface area (Å²) in [7, 11) is 0. The minimum absolute atomic E-state index is 0.304. The Bertz CT molecular complexity index is 1210. The molecular weight excluding hydrogens is 442 g/mol. The van der Waals surface area contributed by atoms with E-state index in [1.807, 2.05) is 62.4 Å². The highest BCUT2D eigenvalue weighted by Crippen LogP contribution is 2.35. The van der Waals surface area contributed by atoms with Crippen molar-refractivity contribution in [1.82, 2.24) is 0 Å². The highest BCUT2D eigenvalue weighted by molar-refractivity contribution is 5.99. The van der Waals surface area contributed by atoms with Gasteiger partial charge in [-0.05, 0) is 102 Å². The first-order chi connectivity index (χ1) is 17.1. The summed E-state index contributed by atoms with van der Waals surface area (Å²) in [6, 6.07) is 28.8. The minimum atomic E-state index is -0.304. The number of ether oxygens (including phenoxy) is 2. The molecule has 0 heterocycles. The molecule has 0 aliphatic carbocycles. The van der Waals surface area contributed by atoms with Gasteiger partial charge in [-0.3, -0.25) is 0 Å². The molecule has 4 aromatic rings. The van der Waals surface area contributed by atoms with Gasteiger partial charge in [0.2, 0.25) is 0 Å². The zero-order valence-electron chi connectivity index (χ0n) is 19.9. The van der Waals surface area contributed by atoms with Gasteiger partial charge in [-0.2, -0.15) is 0 Å². The summed E-state index contributed by atoms with van der Waals surface area (Å²) in [4.78, 5) is 0. The summed E-state index contributed by atoms with van der Waals surface area (Å²) in [5.41, 5.74) is 5.77. The van der Waals surface area contributed by atoms with E-state index in [2.05, 4.69) is 0 Å². The Morgan fingerprint density at radius 2 is 0.943 bits per heavy atom. The van der Waals surface area contributed by atoms with E-state index in [0.29, 0.717) is 19.6 Å². The van der Waals surface area contributed by atoms with Gasteiger partial charge in [0.1, 0.15) is 23.1 Å². The van der Waals surface area contributed by atoms with Gasteiger partial charge in [0.05, 0.1) is 13.2 Å². The molecular formula is C31H28F2O2. The Labute approximate surface area is 205 Å². The summed E-state index contributed by atoms with van der Waals surface area (Å²) < 4.78 is 38.8. The Hall–Kier alpha value is -3.92. The lowest BCUT2D eigenvalue weighted by molar-refractivity contribution is 0.340. The third-order valence-corrected chi connectivity index (χ3v) is 5.70. The van der Waals surface area contributed by atoms with Crippen LogP contribution < -0.4 is 9.47 Å². The van der Waals surface area contributed by atoms with Gasteiger partial charge in [0.15, 0.2) is 0 Å². The standard InChI is InChI=1S/C31H28F2O2/c1-3-34-28-17-5-22(6-18-28)21-30(23-11-19-29(20-12-23)35-4-2)31(24-7-13-26(32)14-8-24)25-9-15-27(33)16-10-25/h5-20H,3-4,21H2,1-2H3. The van der Waals surface area contributed by atoms with Gasteiger partial charge in [0.25, 0.3) is 0 Å². The molecule has 2 nitrogen and oxygen atoms in total. The van der Waals surface area contributed by atoms with Crippen molar-refractivity contribution in [2.24, 2.45) is 0 Å². The van der Waals surface area contributed by atoms with Gasteiger partial charge >= 0.3 is 0 Å². The first kappa shape index (κ1) is 24.2. The molecule has 0 unspecified atom stereocenters. The lowest BCUT2D eigenvalue weighted by Crippen LogP contribution is -2.00. The van der Waals surface area contributed by atoms with E-state index < -0.39 is 0 Å². The average molecular weight is 471 g/mol. The van der Waals surface area contributed by atoms with Crippen LogP contribution in [0.15, 0.2) is 97.1 Å². The zero-order valence-corrected chi connectivity index (χ0v) is 19.9. The summed E-state index contributed by atoms with van der Waals surface area (Å²) in [6.45, 7) is 5.10. The van der Waals surface area contributed by atoms with E-state index in [4.69, 9.17) is 9.47 Å². The van der Waals surface area contributed by atoms with Crippen LogP contribution in [0.3, 0.4) is 0 Å². The van der Waals surface area contributed by atoms with Crippen molar-refractivity contribution in [3.05, 3.63) is 131 Å². The highest BCUT2D eigenvalue weighted by Gasteiger charge is 2.16. The molecule has 4 heteroatoms. The lowest BCUT2D eigenvalue weighted by Gasteiger charge is -2.18. The summed E-state index contributed by atoms with van der Waals surface area (Å²) in [6.07, 6.45) is 0.616. The Kier molecular flexibility index (Phi) is 7.94. The van der Waals surface area contributed by atoms with E-state index in [1.165, 1.54) is 24.3 Å². The molecule has 0 radical (unpaired) electrons. The van der Waals surface area contributed by atoms with E-state index in [9.17, 15) is 8.78 Å². The van der Waals surface area contributed by atoms with Gasteiger partial charge in [0, 0.05) is 0 Å². The molecule has 0 aliphatic heterocycles. The molecule has 0 bridgehead atoms. The first-order valence-electron chi connectivity index (χ1n) is 11.8. The van der Waals surface area contributed by atoms with Crippen molar-refractivity contribution >= 4 is 11.1 Å². The van der Waals surface area contributed by atoms with Gasteiger partial charge in [-0.15, -0.1) is 0 Å². The average Bonchev–Trinajstić information content (AvgIpc) is 2.88. The van der Waals surface area contributed by atoms with Crippen LogP contribution in [0.4, 0.5) is 8.78 Å². The molecule has 0 saturated carbocycles. The van der Waals surface area contributed by atoms with Crippen LogP contribution >= 0.6 is 0 Å². The topological polar surface area (TPSA) is 18.5 Å². The first-order valence-corrected chi connectivity index (χ1v) is 11.8. The minimum Gasteiger partial charge on any atom is -0.494 e. The molecule has 0 fully saturated rings. The third kappa shape index (κ3) is 6.15. The summed E-state index contributed by atoms with van der Waals surface area (Å²) in [5, 5.41) is 0. The van der Waals surface area contributed by atoms with Gasteiger partial charge in [-0.25, -0.2) is 8.78 Å². The van der Waals surface area contributed by atoms with Crippen molar-refractivity contribution in [2.75, 3.05) is 13.2 Å². The molecule has 0 atom stereocenters. The largest absolute Gasteiger partial charge is 0.494 e. The number of rotatable bonds is 9. The maximum absolute atomic E-state index is 13.8. The molecule has 0 amide bonds. The lowest BCUT2D eigenvalue weighted by atomic mass is 9.86. The number of hydrogen-bond donors (Lipinski definition) is 0. The second kappa shape index (κ2) is 11.5. The normalized spacial score (nSPS) is 10.6. The van der Waals surface area contributed by atoms with Crippen LogP contribution in [-0.2, 0) is 6.42 Å². The summed E-state index contributed by atoms with van der Waals surface area (Å²) >= 11 is 0. The fraction of sp³-hybridized carbons (Fsp3) is 0.161. The Morgan fingerprint density at radius 1 is 0.543 bits per heavy atom. The molecule has 4 aromatic carbocycles. The van der Waals surface area contributed by atoms with Gasteiger partial charge in [-0.1, -0.05) is 48.5 Å². The van der Waals surface area contributed by atoms with Crippen molar-refractivity contribution in [3.63, 3.8) is 0 Å². The number of benzene rings is 4. The van der Waals surface area contributed by atoms with Crippen molar-refractivity contribution in [3.8, 4) is 11.5 Å². The zero-order chi connectivity index (χ0) is 24.6. The smallest absolute Gasteiger partial charge is 0.123 e. The number of allylic oxidation sites excluding steroid dienone is 1. The second-order valence-corrected chi connectivity index (χ2v) is 8.08. The molecule has 0 spiro atoms. The number of halogens is 2. The maximum Gasteiger partial charge on any atom is 0.123 e. The molecule has 35 heavy (non-hydrogen) atoms. The maximum atomic E-state index is 13.8. The molecule has 0 aromatic heterocycles. The van der Waals surface area contributed by atoms with E-state index >= 15 is 0 Å². The predicted octanol–water partition coefficient (Wildman–Crippen LogP) is 7.96. The van der Waals surface area contributed by atoms with Crippen LogP contribution in [0.5, 0.6) is 11.5 Å². The predicted molar refractivity (Wildman–Crippen MR) is 138 cm³/mol. The van der Waals surface area contributed by atoms with Crippen LogP contribution in [0.25, 0.3) is 11.1 Å². The quantitative estimate of drug-likeness (QED) is 0.231. The molecule has 4 rings (SSSR count). The molecule has 0 N–H and O–H groups in total. The van der Waals surface area contributed by atoms with E-state index in [-0.39, 0.29) is 11.6 Å². The van der Waals surface area contributed by atoms with Crippen LogP contribution in [-0.4, -0.2) is 13.2 Å². The molecule has 0 saturated heterocycles. The van der Waals surface area contributed by atoms with E-state index in [1.54, 1.807) is 24.3 Å². The Balaban J connectivity index is 1.90. The van der Waals surface area contributed by atoms with Crippen LogP contribution in [0.1, 0.15) is 36.1 Å². The SMILES string of the molecule is CCOc1ccc(CC(=C(c2ccc(F)cc2)c2ccc(F)cc2)c2ccc(OCC)cc2)cc1. The Morgan fingerprint density at radius 3 is 1.37 bits per heavy atom. The highest BCUT2D eigenvalue weighted by atomic mass is 19.1. The molecule has 178 valence electrons. The fourth-order valence-corrected chi connectivity index (χ4v) is 4.08. The van der Waals surface area contributed by atoms with Crippen molar-refractivity contribution < 1.29 is 18.3 Å². The van der Waals surface area contributed by atoms with Gasteiger partial charge < -0.3 is 9.47 Å². The van der Waals surface area contributed by atoms with Crippen LogP contribution in [0, 0.1) is 11.6 Å². The van der Waals surface area contributed by atoms with Crippen LogP contribution in [0.2, 0.25) is 0 Å². The third-order valence-electron chi connectivity index (χ3n) is 5.70. The number of hydrogen-bond acceptors (Lipinski definition) is 2. The van der Waals surface area contributed by atoms with E-state index in [0.717, 1.165) is 44.9 Å². The monoisotopic (exact) mass is 470 g/mol. The van der Waals surface area contributed by atoms with Crippen molar-refractivity contribution in [2.45, 2.75) is 20.3 Å². The second-order valence-electron chi connectivity index (χ2n) is 8.08. The molecule has 0 aliphatic rings. The fourth-order valence-electron chi connectivity index (χ4n) is 4.08. The summed E-state index contributed by atoms with van der Waals surface area (Å²) in [5.74, 6) is 1.00.